The number of halogens is 2. The molecule has 0 aromatic heterocycles. The molecule has 2 rings (SSSR count). The van der Waals surface area contributed by atoms with Crippen LogP contribution in [0.5, 0.6) is 0 Å². The van der Waals surface area contributed by atoms with E-state index in [0.717, 1.165) is 16.0 Å². The summed E-state index contributed by atoms with van der Waals surface area (Å²) in [5.74, 6) is 0.675. The lowest BCUT2D eigenvalue weighted by Crippen LogP contribution is -2.27. The number of hydrogen-bond acceptors (Lipinski definition) is 1. The average molecular weight is 272 g/mol. The highest BCUT2D eigenvalue weighted by Crippen LogP contribution is 2.32. The number of benzene rings is 1. The van der Waals surface area contributed by atoms with Crippen molar-refractivity contribution in [2.75, 3.05) is 0 Å². The van der Waals surface area contributed by atoms with Crippen LogP contribution in [-0.2, 0) is 6.54 Å². The van der Waals surface area contributed by atoms with Gasteiger partial charge in [0.25, 0.3) is 0 Å². The lowest BCUT2D eigenvalue weighted by Gasteiger charge is -2.13. The Balaban J connectivity index is 1.94. The maximum absolute atomic E-state index is 13.4. The zero-order valence-corrected chi connectivity index (χ0v) is 10.3. The van der Waals surface area contributed by atoms with Gasteiger partial charge in [0, 0.05) is 22.6 Å². The minimum Gasteiger partial charge on any atom is -0.310 e. The summed E-state index contributed by atoms with van der Waals surface area (Å²) in [5, 5.41) is 3.37. The van der Waals surface area contributed by atoms with Gasteiger partial charge in [-0.15, -0.1) is 0 Å². The van der Waals surface area contributed by atoms with Crippen molar-refractivity contribution < 1.29 is 4.39 Å². The second kappa shape index (κ2) is 4.62. The molecule has 0 radical (unpaired) electrons. The van der Waals surface area contributed by atoms with E-state index in [1.807, 2.05) is 6.07 Å². The van der Waals surface area contributed by atoms with Crippen LogP contribution in [0.15, 0.2) is 22.7 Å². The molecule has 1 fully saturated rings. The molecule has 0 amide bonds. The molecule has 0 aliphatic heterocycles. The van der Waals surface area contributed by atoms with Crippen molar-refractivity contribution in [2.45, 2.75) is 32.4 Å². The van der Waals surface area contributed by atoms with Crippen LogP contribution in [0.3, 0.4) is 0 Å². The van der Waals surface area contributed by atoms with Gasteiger partial charge in [0.1, 0.15) is 5.82 Å². The van der Waals surface area contributed by atoms with Gasteiger partial charge in [-0.2, -0.15) is 0 Å². The summed E-state index contributed by atoms with van der Waals surface area (Å²) in [4.78, 5) is 0. The molecule has 1 aliphatic rings. The normalized spacial score (nSPS) is 17.8. The third-order valence-corrected chi connectivity index (χ3v) is 3.44. The van der Waals surface area contributed by atoms with Gasteiger partial charge in [0.2, 0.25) is 0 Å². The molecule has 0 saturated heterocycles. The van der Waals surface area contributed by atoms with Crippen molar-refractivity contribution in [3.05, 3.63) is 34.1 Å². The Labute approximate surface area is 98.2 Å². The average Bonchev–Trinajstić information content (AvgIpc) is 3.02. The van der Waals surface area contributed by atoms with Gasteiger partial charge in [0.15, 0.2) is 0 Å². The Bertz CT molecular complexity index is 349. The van der Waals surface area contributed by atoms with Crippen LogP contribution < -0.4 is 5.32 Å². The van der Waals surface area contributed by atoms with Gasteiger partial charge >= 0.3 is 0 Å². The molecule has 1 aromatic rings. The maximum Gasteiger partial charge on any atom is 0.127 e. The zero-order chi connectivity index (χ0) is 10.8. The topological polar surface area (TPSA) is 12.0 Å². The third kappa shape index (κ3) is 3.02. The van der Waals surface area contributed by atoms with E-state index in [2.05, 4.69) is 28.2 Å². The predicted molar refractivity (Wildman–Crippen MR) is 63.1 cm³/mol. The molecule has 1 saturated carbocycles. The Morgan fingerprint density at radius 2 is 2.27 bits per heavy atom. The first-order valence-corrected chi connectivity index (χ1v) is 6.13. The highest BCUT2D eigenvalue weighted by atomic mass is 79.9. The third-order valence-electron chi connectivity index (χ3n) is 2.95. The van der Waals surface area contributed by atoms with E-state index < -0.39 is 0 Å². The molecule has 0 bridgehead atoms. The van der Waals surface area contributed by atoms with Crippen LogP contribution >= 0.6 is 15.9 Å². The van der Waals surface area contributed by atoms with Gasteiger partial charge in [-0.1, -0.05) is 15.9 Å². The molecule has 1 unspecified atom stereocenters. The predicted octanol–water partition coefficient (Wildman–Crippen LogP) is 3.48. The molecular formula is C12H15BrFN. The lowest BCUT2D eigenvalue weighted by molar-refractivity contribution is 0.485. The highest BCUT2D eigenvalue weighted by Gasteiger charge is 2.27. The van der Waals surface area contributed by atoms with E-state index >= 15 is 0 Å². The fourth-order valence-corrected chi connectivity index (χ4v) is 2.12. The molecular weight excluding hydrogens is 257 g/mol. The SMILES string of the molecule is CC(NCc1cc(Br)ccc1F)C1CC1. The van der Waals surface area contributed by atoms with Crippen molar-refractivity contribution in [1.29, 1.82) is 0 Å². The van der Waals surface area contributed by atoms with Gasteiger partial charge in [-0.3, -0.25) is 0 Å². The van der Waals surface area contributed by atoms with Crippen molar-refractivity contribution >= 4 is 15.9 Å². The quantitative estimate of drug-likeness (QED) is 0.884. The number of rotatable bonds is 4. The smallest absolute Gasteiger partial charge is 0.127 e. The number of hydrogen-bond donors (Lipinski definition) is 1. The standard InChI is InChI=1S/C12H15BrFN/c1-8(9-2-3-9)15-7-10-6-11(13)4-5-12(10)14/h4-6,8-9,15H,2-3,7H2,1H3. The molecule has 1 N–H and O–H groups in total. The fraction of sp³-hybridized carbons (Fsp3) is 0.500. The molecule has 15 heavy (non-hydrogen) atoms. The van der Waals surface area contributed by atoms with Crippen LogP contribution in [-0.4, -0.2) is 6.04 Å². The van der Waals surface area contributed by atoms with Gasteiger partial charge < -0.3 is 5.32 Å². The molecule has 1 aliphatic carbocycles. The minimum atomic E-state index is -0.131. The summed E-state index contributed by atoms with van der Waals surface area (Å²) in [7, 11) is 0. The van der Waals surface area contributed by atoms with Crippen molar-refractivity contribution in [1.82, 2.24) is 5.32 Å². The molecule has 1 atom stereocenters. The summed E-state index contributed by atoms with van der Waals surface area (Å²) in [5.41, 5.74) is 0.733. The van der Waals surface area contributed by atoms with E-state index in [9.17, 15) is 4.39 Å². The van der Waals surface area contributed by atoms with Gasteiger partial charge in [-0.25, -0.2) is 4.39 Å². The molecule has 0 heterocycles. The van der Waals surface area contributed by atoms with E-state index in [4.69, 9.17) is 0 Å². The molecule has 3 heteroatoms. The summed E-state index contributed by atoms with van der Waals surface area (Å²) in [6, 6.07) is 5.57. The summed E-state index contributed by atoms with van der Waals surface area (Å²) in [6.45, 7) is 2.79. The monoisotopic (exact) mass is 271 g/mol. The lowest BCUT2D eigenvalue weighted by atomic mass is 10.1. The van der Waals surface area contributed by atoms with Crippen LogP contribution in [0.2, 0.25) is 0 Å². The molecule has 0 spiro atoms. The van der Waals surface area contributed by atoms with Gasteiger partial charge in [0.05, 0.1) is 0 Å². The first kappa shape index (κ1) is 11.1. The van der Waals surface area contributed by atoms with E-state index in [-0.39, 0.29) is 5.82 Å². The maximum atomic E-state index is 13.4. The van der Waals surface area contributed by atoms with E-state index in [1.54, 1.807) is 6.07 Å². The first-order valence-electron chi connectivity index (χ1n) is 5.34. The highest BCUT2D eigenvalue weighted by molar-refractivity contribution is 9.10. The Hall–Kier alpha value is -0.410. The second-order valence-electron chi connectivity index (χ2n) is 4.24. The van der Waals surface area contributed by atoms with Crippen LogP contribution in [0.25, 0.3) is 0 Å². The number of nitrogens with one attached hydrogen (secondary N) is 1. The Morgan fingerprint density at radius 3 is 2.93 bits per heavy atom. The Morgan fingerprint density at radius 1 is 1.53 bits per heavy atom. The van der Waals surface area contributed by atoms with Crippen LogP contribution in [0, 0.1) is 11.7 Å². The van der Waals surface area contributed by atoms with E-state index in [0.29, 0.717) is 12.6 Å². The van der Waals surface area contributed by atoms with Crippen molar-refractivity contribution in [3.8, 4) is 0 Å². The van der Waals surface area contributed by atoms with Crippen LogP contribution in [0.1, 0.15) is 25.3 Å². The summed E-state index contributed by atoms with van der Waals surface area (Å²) >= 11 is 3.35. The summed E-state index contributed by atoms with van der Waals surface area (Å²) in [6.07, 6.45) is 2.63. The largest absolute Gasteiger partial charge is 0.310 e. The summed E-state index contributed by atoms with van der Waals surface area (Å²) < 4.78 is 14.3. The van der Waals surface area contributed by atoms with Crippen LogP contribution in [0.4, 0.5) is 4.39 Å². The molecule has 1 nitrogen and oxygen atoms in total. The van der Waals surface area contributed by atoms with Crippen molar-refractivity contribution in [3.63, 3.8) is 0 Å². The first-order chi connectivity index (χ1) is 7.16. The van der Waals surface area contributed by atoms with E-state index in [1.165, 1.54) is 18.9 Å². The molecule has 1 aromatic carbocycles. The van der Waals surface area contributed by atoms with Gasteiger partial charge in [-0.05, 0) is 43.9 Å². The molecule has 82 valence electrons. The fourth-order valence-electron chi connectivity index (χ4n) is 1.71. The zero-order valence-electron chi connectivity index (χ0n) is 8.76. The second-order valence-corrected chi connectivity index (χ2v) is 5.16. The van der Waals surface area contributed by atoms with Crippen molar-refractivity contribution in [2.24, 2.45) is 5.92 Å². The Kier molecular flexibility index (Phi) is 3.42. The minimum absolute atomic E-state index is 0.131.